The Balaban J connectivity index is 1.54. The summed E-state index contributed by atoms with van der Waals surface area (Å²) in [5, 5.41) is 0. The van der Waals surface area contributed by atoms with Crippen LogP contribution in [0.1, 0.15) is 21.8 Å². The van der Waals surface area contributed by atoms with Crippen LogP contribution < -0.4 is 0 Å². The number of hydrogen-bond acceptors (Lipinski definition) is 4. The number of carbonyl (C=O) groups is 1. The van der Waals surface area contributed by atoms with Crippen LogP contribution in [0.2, 0.25) is 0 Å². The minimum absolute atomic E-state index is 0.0365. The molecule has 0 unspecified atom stereocenters. The summed E-state index contributed by atoms with van der Waals surface area (Å²) in [6.45, 7) is 4.15. The number of likely N-dealkylation sites (N-methyl/N-ethyl adjacent to an activating group) is 1. The van der Waals surface area contributed by atoms with Crippen LogP contribution in [0.3, 0.4) is 0 Å². The zero-order chi connectivity index (χ0) is 14.8. The van der Waals surface area contributed by atoms with Crippen molar-refractivity contribution in [1.29, 1.82) is 0 Å². The van der Waals surface area contributed by atoms with E-state index in [1.165, 1.54) is 12.0 Å². The molecule has 21 heavy (non-hydrogen) atoms. The molecule has 0 spiro atoms. The topological polar surface area (TPSA) is 49.6 Å². The smallest absolute Gasteiger partial charge is 0.276 e. The fraction of sp³-hybridized carbons (Fsp3) is 0.375. The first-order chi connectivity index (χ1) is 10.1. The van der Waals surface area contributed by atoms with Gasteiger partial charge in [0.05, 0.1) is 0 Å². The van der Waals surface area contributed by atoms with E-state index in [-0.39, 0.29) is 5.91 Å². The molecular weight excluding hydrogens is 266 g/mol. The van der Waals surface area contributed by atoms with Crippen LogP contribution in [0.4, 0.5) is 0 Å². The van der Waals surface area contributed by atoms with E-state index in [0.29, 0.717) is 17.5 Å². The first-order valence-corrected chi connectivity index (χ1v) is 7.08. The zero-order valence-electron chi connectivity index (χ0n) is 12.3. The molecule has 1 saturated heterocycles. The van der Waals surface area contributed by atoms with Crippen molar-refractivity contribution in [2.24, 2.45) is 0 Å². The molecule has 0 aliphatic carbocycles. The Morgan fingerprint density at radius 2 is 2.10 bits per heavy atom. The number of carbonyl (C=O) groups excluding carboxylic acids is 1. The largest absolute Gasteiger partial charge is 0.448 e. The summed E-state index contributed by atoms with van der Waals surface area (Å²) in [7, 11) is 2.10. The predicted molar refractivity (Wildman–Crippen MR) is 78.8 cm³/mol. The Hall–Kier alpha value is -2.14. The van der Waals surface area contributed by atoms with Gasteiger partial charge in [-0.3, -0.25) is 9.69 Å². The van der Waals surface area contributed by atoms with Crippen molar-refractivity contribution < 1.29 is 9.21 Å². The number of amides is 1. The molecule has 1 aromatic heterocycles. The maximum Gasteiger partial charge on any atom is 0.276 e. The van der Waals surface area contributed by atoms with Gasteiger partial charge in [0, 0.05) is 25.7 Å². The summed E-state index contributed by atoms with van der Waals surface area (Å²) in [4.78, 5) is 20.3. The monoisotopic (exact) mass is 285 g/mol. The quantitative estimate of drug-likeness (QED) is 0.861. The maximum absolute atomic E-state index is 12.2. The molecule has 0 N–H and O–H groups in total. The lowest BCUT2D eigenvalue weighted by molar-refractivity contribution is 0.0315. The third kappa shape index (κ3) is 2.83. The minimum atomic E-state index is -0.0365. The van der Waals surface area contributed by atoms with Crippen LogP contribution in [0.25, 0.3) is 0 Å². The molecule has 3 rings (SSSR count). The molecule has 110 valence electrons. The van der Waals surface area contributed by atoms with Gasteiger partial charge in [0.15, 0.2) is 12.1 Å². The van der Waals surface area contributed by atoms with Gasteiger partial charge in [-0.25, -0.2) is 4.98 Å². The SMILES string of the molecule is Cc1ocnc1C(=O)N1CC(N(C)Cc2ccccc2)C1. The Labute approximate surface area is 124 Å². The van der Waals surface area contributed by atoms with Crippen molar-refractivity contribution in [3.8, 4) is 0 Å². The molecule has 0 atom stereocenters. The Bertz CT molecular complexity index is 617. The number of rotatable bonds is 4. The lowest BCUT2D eigenvalue weighted by atomic mass is 10.1. The van der Waals surface area contributed by atoms with Crippen molar-refractivity contribution in [1.82, 2.24) is 14.8 Å². The number of benzene rings is 1. The second kappa shape index (κ2) is 5.69. The molecule has 0 saturated carbocycles. The van der Waals surface area contributed by atoms with Gasteiger partial charge in [0.25, 0.3) is 5.91 Å². The molecular formula is C16H19N3O2. The number of aryl methyl sites for hydroxylation is 1. The van der Waals surface area contributed by atoms with E-state index in [4.69, 9.17) is 4.42 Å². The van der Waals surface area contributed by atoms with Gasteiger partial charge < -0.3 is 9.32 Å². The lowest BCUT2D eigenvalue weighted by Gasteiger charge is -2.43. The molecule has 0 radical (unpaired) electrons. The average Bonchev–Trinajstić information content (AvgIpc) is 2.84. The third-order valence-electron chi connectivity index (χ3n) is 3.99. The molecule has 1 aliphatic rings. The Morgan fingerprint density at radius 1 is 1.38 bits per heavy atom. The number of oxazole rings is 1. The van der Waals surface area contributed by atoms with Gasteiger partial charge in [-0.15, -0.1) is 0 Å². The molecule has 5 heteroatoms. The Morgan fingerprint density at radius 3 is 2.71 bits per heavy atom. The lowest BCUT2D eigenvalue weighted by Crippen LogP contribution is -2.60. The van der Waals surface area contributed by atoms with Crippen molar-refractivity contribution in [3.63, 3.8) is 0 Å². The third-order valence-corrected chi connectivity index (χ3v) is 3.99. The van der Waals surface area contributed by atoms with E-state index in [2.05, 4.69) is 29.1 Å². The van der Waals surface area contributed by atoms with E-state index in [1.807, 2.05) is 23.1 Å². The molecule has 5 nitrogen and oxygen atoms in total. The molecule has 0 bridgehead atoms. The van der Waals surface area contributed by atoms with Crippen LogP contribution >= 0.6 is 0 Å². The molecule has 1 aromatic carbocycles. The molecule has 2 aromatic rings. The number of likely N-dealkylation sites (tertiary alicyclic amines) is 1. The second-order valence-electron chi connectivity index (χ2n) is 5.52. The number of nitrogens with zero attached hydrogens (tertiary/aromatic N) is 3. The minimum Gasteiger partial charge on any atom is -0.448 e. The zero-order valence-corrected chi connectivity index (χ0v) is 12.3. The molecule has 1 fully saturated rings. The maximum atomic E-state index is 12.2. The number of aromatic nitrogens is 1. The van der Waals surface area contributed by atoms with Gasteiger partial charge in [0.2, 0.25) is 0 Å². The summed E-state index contributed by atoms with van der Waals surface area (Å²) in [5.41, 5.74) is 1.72. The fourth-order valence-electron chi connectivity index (χ4n) is 2.56. The van der Waals surface area contributed by atoms with Gasteiger partial charge in [-0.1, -0.05) is 30.3 Å². The standard InChI is InChI=1S/C16H19N3O2/c1-12-15(17-11-21-12)16(20)19-9-14(10-19)18(2)8-13-6-4-3-5-7-13/h3-7,11,14H,8-10H2,1-2H3. The highest BCUT2D eigenvalue weighted by Crippen LogP contribution is 2.19. The van der Waals surface area contributed by atoms with Gasteiger partial charge in [-0.2, -0.15) is 0 Å². The fourth-order valence-corrected chi connectivity index (χ4v) is 2.56. The van der Waals surface area contributed by atoms with Crippen molar-refractivity contribution in [2.45, 2.75) is 19.5 Å². The van der Waals surface area contributed by atoms with Crippen LogP contribution in [-0.4, -0.2) is 46.9 Å². The normalized spacial score (nSPS) is 15.3. The van der Waals surface area contributed by atoms with Gasteiger partial charge >= 0.3 is 0 Å². The van der Waals surface area contributed by atoms with Crippen molar-refractivity contribution in [2.75, 3.05) is 20.1 Å². The summed E-state index contributed by atoms with van der Waals surface area (Å²) in [5.74, 6) is 0.548. The molecule has 1 amide bonds. The first-order valence-electron chi connectivity index (χ1n) is 7.08. The Kier molecular flexibility index (Phi) is 3.75. The summed E-state index contributed by atoms with van der Waals surface area (Å²) < 4.78 is 5.09. The van der Waals surface area contributed by atoms with Crippen molar-refractivity contribution >= 4 is 5.91 Å². The van der Waals surface area contributed by atoms with E-state index in [1.54, 1.807) is 6.92 Å². The van der Waals surface area contributed by atoms with Crippen LogP contribution in [-0.2, 0) is 6.54 Å². The average molecular weight is 285 g/mol. The molecule has 1 aliphatic heterocycles. The van der Waals surface area contributed by atoms with E-state index in [9.17, 15) is 4.79 Å². The van der Waals surface area contributed by atoms with E-state index < -0.39 is 0 Å². The predicted octanol–water partition coefficient (Wildman–Crippen LogP) is 1.94. The van der Waals surface area contributed by atoms with E-state index in [0.717, 1.165) is 19.6 Å². The van der Waals surface area contributed by atoms with E-state index >= 15 is 0 Å². The van der Waals surface area contributed by atoms with Crippen molar-refractivity contribution in [3.05, 3.63) is 53.7 Å². The van der Waals surface area contributed by atoms with Gasteiger partial charge in [0.1, 0.15) is 5.76 Å². The highest BCUT2D eigenvalue weighted by atomic mass is 16.3. The van der Waals surface area contributed by atoms with Crippen LogP contribution in [0, 0.1) is 6.92 Å². The first kappa shape index (κ1) is 13.8. The molecule has 2 heterocycles. The summed E-state index contributed by atoms with van der Waals surface area (Å²) in [6.07, 6.45) is 1.32. The highest BCUT2D eigenvalue weighted by molar-refractivity contribution is 5.93. The van der Waals surface area contributed by atoms with Gasteiger partial charge in [-0.05, 0) is 19.5 Å². The van der Waals surface area contributed by atoms with Crippen LogP contribution in [0.15, 0.2) is 41.1 Å². The highest BCUT2D eigenvalue weighted by Gasteiger charge is 2.35. The van der Waals surface area contributed by atoms with Crippen LogP contribution in [0.5, 0.6) is 0 Å². The summed E-state index contributed by atoms with van der Waals surface area (Å²) in [6, 6.07) is 10.8. The second-order valence-corrected chi connectivity index (χ2v) is 5.52. The summed E-state index contributed by atoms with van der Waals surface area (Å²) >= 11 is 0. The number of hydrogen-bond donors (Lipinski definition) is 0.